The fraction of sp³-hybridized carbons (Fsp3) is 0.480. The lowest BCUT2D eigenvalue weighted by molar-refractivity contribution is -0.122. The van der Waals surface area contributed by atoms with Gasteiger partial charge in [-0.1, -0.05) is 18.8 Å². The summed E-state index contributed by atoms with van der Waals surface area (Å²) in [5, 5.41) is 10.2. The van der Waals surface area contributed by atoms with E-state index in [2.05, 4.69) is 38.8 Å². The summed E-state index contributed by atoms with van der Waals surface area (Å²) in [5.74, 6) is 2.48. The maximum Gasteiger partial charge on any atom is 0.280 e. The molecule has 1 unspecified atom stereocenters. The average Bonchev–Trinajstić information content (AvgIpc) is 3.43. The first kappa shape index (κ1) is 21.9. The number of anilines is 1. The summed E-state index contributed by atoms with van der Waals surface area (Å²) in [6.45, 7) is 1.82. The number of benzene rings is 1. The second-order valence-corrected chi connectivity index (χ2v) is 10.4. The molecule has 33 heavy (non-hydrogen) atoms. The Kier molecular flexibility index (Phi) is 6.09. The standard InChI is InChI=1S/C25H29N5O2S/c1-3-15-8-9-17-16(12-15)13-21(26-17)23(31)27-18-6-4-5-7-19(18)28-24(32)25-29-20-10-11-30(2)14-22(20)33-25/h1,8-9,12,18-19,21,26H,4-7,10-11,13-14H2,2H3,(H,27,31)(H,28,32)/t18-,19+,21?/m0/s1. The number of carbonyl (C=O) groups excluding carboxylic acids is 2. The summed E-state index contributed by atoms with van der Waals surface area (Å²) >= 11 is 1.49. The number of aromatic nitrogens is 1. The van der Waals surface area contributed by atoms with Crippen molar-refractivity contribution in [1.29, 1.82) is 0 Å². The van der Waals surface area contributed by atoms with Crippen molar-refractivity contribution in [1.82, 2.24) is 20.5 Å². The van der Waals surface area contributed by atoms with Crippen LogP contribution in [0.2, 0.25) is 0 Å². The predicted octanol–water partition coefficient (Wildman–Crippen LogP) is 2.31. The Labute approximate surface area is 198 Å². The van der Waals surface area contributed by atoms with E-state index in [-0.39, 0.29) is 29.9 Å². The zero-order valence-corrected chi connectivity index (χ0v) is 19.6. The molecular weight excluding hydrogens is 434 g/mol. The molecule has 8 heteroatoms. The Morgan fingerprint density at radius 2 is 2.03 bits per heavy atom. The van der Waals surface area contributed by atoms with Gasteiger partial charge in [-0.15, -0.1) is 17.8 Å². The minimum Gasteiger partial charge on any atom is -0.373 e. The number of rotatable bonds is 4. The summed E-state index contributed by atoms with van der Waals surface area (Å²) in [5.41, 5.74) is 3.90. The number of thiazole rings is 1. The molecule has 5 rings (SSSR count). The highest BCUT2D eigenvalue weighted by atomic mass is 32.1. The van der Waals surface area contributed by atoms with E-state index < -0.39 is 0 Å². The highest BCUT2D eigenvalue weighted by Gasteiger charge is 2.33. The minimum atomic E-state index is -0.325. The molecule has 1 fully saturated rings. The molecule has 0 spiro atoms. The molecule has 0 radical (unpaired) electrons. The molecule has 3 heterocycles. The molecule has 0 bridgehead atoms. The van der Waals surface area contributed by atoms with Gasteiger partial charge < -0.3 is 20.9 Å². The number of hydrogen-bond acceptors (Lipinski definition) is 6. The number of nitrogens with zero attached hydrogens (tertiary/aromatic N) is 2. The largest absolute Gasteiger partial charge is 0.373 e. The van der Waals surface area contributed by atoms with Crippen LogP contribution in [0.3, 0.4) is 0 Å². The van der Waals surface area contributed by atoms with Crippen LogP contribution in [-0.4, -0.2) is 53.4 Å². The van der Waals surface area contributed by atoms with Crippen LogP contribution in [0.1, 0.15) is 57.2 Å². The second-order valence-electron chi connectivity index (χ2n) is 9.27. The highest BCUT2D eigenvalue weighted by molar-refractivity contribution is 7.13. The van der Waals surface area contributed by atoms with E-state index in [0.29, 0.717) is 11.4 Å². The van der Waals surface area contributed by atoms with Gasteiger partial charge >= 0.3 is 0 Å². The normalized spacial score (nSPS) is 24.2. The first-order valence-electron chi connectivity index (χ1n) is 11.6. The zero-order valence-electron chi connectivity index (χ0n) is 18.8. The molecule has 3 atom stereocenters. The van der Waals surface area contributed by atoms with Crippen molar-refractivity contribution < 1.29 is 9.59 Å². The van der Waals surface area contributed by atoms with Gasteiger partial charge in [-0.3, -0.25) is 9.59 Å². The zero-order chi connectivity index (χ0) is 22.9. The van der Waals surface area contributed by atoms with Crippen molar-refractivity contribution in [3.05, 3.63) is 44.9 Å². The van der Waals surface area contributed by atoms with Crippen LogP contribution in [0.25, 0.3) is 0 Å². The van der Waals surface area contributed by atoms with Crippen LogP contribution < -0.4 is 16.0 Å². The summed E-state index contributed by atoms with van der Waals surface area (Å²) < 4.78 is 0. The molecule has 172 valence electrons. The summed E-state index contributed by atoms with van der Waals surface area (Å²) in [6, 6.07) is 5.29. The van der Waals surface area contributed by atoms with Gasteiger partial charge in [0.15, 0.2) is 5.01 Å². The van der Waals surface area contributed by atoms with Crippen molar-refractivity contribution in [2.45, 2.75) is 63.2 Å². The summed E-state index contributed by atoms with van der Waals surface area (Å²) in [7, 11) is 2.09. The number of fused-ring (bicyclic) bond motifs is 2. The van der Waals surface area contributed by atoms with Crippen LogP contribution in [0.5, 0.6) is 0 Å². The lowest BCUT2D eigenvalue weighted by Crippen LogP contribution is -2.55. The van der Waals surface area contributed by atoms with E-state index in [4.69, 9.17) is 6.42 Å². The van der Waals surface area contributed by atoms with Gasteiger partial charge in [-0.05, 0) is 43.7 Å². The van der Waals surface area contributed by atoms with Gasteiger partial charge in [0.05, 0.1) is 5.69 Å². The molecule has 1 aromatic carbocycles. The lowest BCUT2D eigenvalue weighted by Gasteiger charge is -2.33. The van der Waals surface area contributed by atoms with Gasteiger partial charge in [0.2, 0.25) is 5.91 Å². The third-order valence-corrected chi connectivity index (χ3v) is 7.95. The molecule has 1 aromatic heterocycles. The van der Waals surface area contributed by atoms with Gasteiger partial charge in [-0.25, -0.2) is 4.98 Å². The minimum absolute atomic E-state index is 0.0349. The number of hydrogen-bond donors (Lipinski definition) is 3. The van der Waals surface area contributed by atoms with Crippen molar-refractivity contribution >= 4 is 28.8 Å². The first-order valence-corrected chi connectivity index (χ1v) is 12.5. The molecule has 2 amide bonds. The maximum atomic E-state index is 13.1. The lowest BCUT2D eigenvalue weighted by atomic mass is 9.90. The van der Waals surface area contributed by atoms with Gasteiger partial charge in [0.25, 0.3) is 5.91 Å². The van der Waals surface area contributed by atoms with Crippen LogP contribution in [0, 0.1) is 12.3 Å². The van der Waals surface area contributed by atoms with Crippen molar-refractivity contribution in [2.24, 2.45) is 0 Å². The van der Waals surface area contributed by atoms with E-state index in [1.807, 2.05) is 18.2 Å². The Morgan fingerprint density at radius 3 is 2.82 bits per heavy atom. The van der Waals surface area contributed by atoms with Crippen LogP contribution in [-0.2, 0) is 24.2 Å². The number of amides is 2. The monoisotopic (exact) mass is 463 g/mol. The Morgan fingerprint density at radius 1 is 1.24 bits per heavy atom. The Bertz CT molecular complexity index is 1120. The summed E-state index contributed by atoms with van der Waals surface area (Å²) in [4.78, 5) is 34.1. The van der Waals surface area contributed by atoms with Crippen molar-refractivity contribution in [3.8, 4) is 12.3 Å². The Hall–Kier alpha value is -2.89. The predicted molar refractivity (Wildman–Crippen MR) is 129 cm³/mol. The fourth-order valence-corrected chi connectivity index (χ4v) is 6.11. The third kappa shape index (κ3) is 4.61. The van der Waals surface area contributed by atoms with Crippen molar-refractivity contribution in [2.75, 3.05) is 18.9 Å². The van der Waals surface area contributed by atoms with Crippen LogP contribution in [0.4, 0.5) is 5.69 Å². The number of carbonyl (C=O) groups is 2. The van der Waals surface area contributed by atoms with Gasteiger partial charge in [-0.2, -0.15) is 0 Å². The molecule has 0 saturated heterocycles. The molecule has 3 aliphatic rings. The van der Waals surface area contributed by atoms with E-state index in [1.165, 1.54) is 16.2 Å². The number of terminal acetylenes is 1. The maximum absolute atomic E-state index is 13.1. The van der Waals surface area contributed by atoms with E-state index in [9.17, 15) is 9.59 Å². The molecule has 1 aliphatic carbocycles. The van der Waals surface area contributed by atoms with Crippen LogP contribution >= 0.6 is 11.3 Å². The van der Waals surface area contributed by atoms with Gasteiger partial charge in [0, 0.05) is 54.1 Å². The molecule has 3 N–H and O–H groups in total. The molecule has 7 nitrogen and oxygen atoms in total. The van der Waals surface area contributed by atoms with Gasteiger partial charge in [0.1, 0.15) is 6.04 Å². The van der Waals surface area contributed by atoms with E-state index >= 15 is 0 Å². The quantitative estimate of drug-likeness (QED) is 0.606. The smallest absolute Gasteiger partial charge is 0.280 e. The molecular formula is C25H29N5O2S. The average molecular weight is 464 g/mol. The fourth-order valence-electron chi connectivity index (χ4n) is 5.02. The molecule has 2 aromatic rings. The van der Waals surface area contributed by atoms with E-state index in [1.54, 1.807) is 0 Å². The number of likely N-dealkylation sites (N-methyl/N-ethyl adjacent to an activating group) is 1. The second kappa shape index (κ2) is 9.16. The van der Waals surface area contributed by atoms with Crippen LogP contribution in [0.15, 0.2) is 18.2 Å². The SMILES string of the molecule is C#Cc1ccc2c(c1)CC(C(=O)N[C@H]1CCCC[C@H]1NC(=O)c1nc3c(s1)CN(C)CC3)N2. The van der Waals surface area contributed by atoms with E-state index in [0.717, 1.165) is 67.7 Å². The summed E-state index contributed by atoms with van der Waals surface area (Å²) in [6.07, 6.45) is 10.8. The highest BCUT2D eigenvalue weighted by Crippen LogP contribution is 2.28. The topological polar surface area (TPSA) is 86.4 Å². The third-order valence-electron chi connectivity index (χ3n) is 6.87. The molecule has 1 saturated carbocycles. The molecule has 2 aliphatic heterocycles. The first-order chi connectivity index (χ1) is 16.0. The van der Waals surface area contributed by atoms with Crippen molar-refractivity contribution in [3.63, 3.8) is 0 Å². The number of nitrogens with one attached hydrogen (secondary N) is 3. The Balaban J connectivity index is 1.22.